The summed E-state index contributed by atoms with van der Waals surface area (Å²) >= 11 is 0. The van der Waals surface area contributed by atoms with Gasteiger partial charge in [-0.2, -0.15) is 0 Å². The summed E-state index contributed by atoms with van der Waals surface area (Å²) in [5, 5.41) is 96.1. The van der Waals surface area contributed by atoms with Crippen LogP contribution in [0.1, 0.15) is 106 Å². The van der Waals surface area contributed by atoms with E-state index in [-0.39, 0.29) is 39.4 Å². The molecule has 56 heavy (non-hydrogen) atoms. The minimum atomic E-state index is -1.76. The number of aliphatic carboxylic acids is 1. The molecule has 0 bridgehead atoms. The number of aliphatic hydroxyl groups is 8. The van der Waals surface area contributed by atoms with Crippen LogP contribution < -0.4 is 0 Å². The van der Waals surface area contributed by atoms with Crippen molar-refractivity contribution in [1.82, 2.24) is 0 Å². The number of hydrogen-bond acceptors (Lipinski definition) is 13. The van der Waals surface area contributed by atoms with E-state index in [1.165, 1.54) is 5.57 Å². The number of rotatable bonds is 7. The van der Waals surface area contributed by atoms with Crippen LogP contribution in [0.5, 0.6) is 0 Å². The molecule has 7 rings (SSSR count). The maximum absolute atomic E-state index is 13.1. The zero-order valence-corrected chi connectivity index (χ0v) is 34.1. The molecular formula is C42H68O14. The lowest BCUT2D eigenvalue weighted by Gasteiger charge is -2.71. The smallest absolute Gasteiger partial charge is 0.312 e. The Labute approximate surface area is 330 Å². The summed E-state index contributed by atoms with van der Waals surface area (Å²) in [7, 11) is 0. The molecule has 0 amide bonds. The molecule has 0 aromatic heterocycles. The minimum Gasteiger partial charge on any atom is -0.481 e. The van der Waals surface area contributed by atoms with Crippen LogP contribution in [0.2, 0.25) is 0 Å². The Hall–Kier alpha value is -1.27. The number of hydrogen-bond donors (Lipinski definition) is 9. The average molecular weight is 797 g/mol. The van der Waals surface area contributed by atoms with Crippen LogP contribution in [0.4, 0.5) is 0 Å². The molecule has 2 heterocycles. The van der Waals surface area contributed by atoms with Gasteiger partial charge in [0.2, 0.25) is 0 Å². The highest BCUT2D eigenvalue weighted by molar-refractivity contribution is 5.77. The first-order chi connectivity index (χ1) is 26.0. The summed E-state index contributed by atoms with van der Waals surface area (Å²) in [6.45, 7) is 14.5. The number of fused-ring (bicyclic) bond motifs is 7. The second-order valence-electron chi connectivity index (χ2n) is 20.8. The topological polar surface area (TPSA) is 236 Å². The van der Waals surface area contributed by atoms with Crippen LogP contribution in [0.15, 0.2) is 11.6 Å². The number of ether oxygens (including phenoxy) is 4. The first-order valence-electron chi connectivity index (χ1n) is 20.9. The molecule has 4 saturated carbocycles. The summed E-state index contributed by atoms with van der Waals surface area (Å²) < 4.78 is 24.4. The van der Waals surface area contributed by atoms with Gasteiger partial charge in [-0.3, -0.25) is 4.79 Å². The summed E-state index contributed by atoms with van der Waals surface area (Å²) in [5.74, 6) is -0.700. The highest BCUT2D eigenvalue weighted by atomic mass is 16.8. The average Bonchev–Trinajstić information content (AvgIpc) is 3.12. The van der Waals surface area contributed by atoms with Gasteiger partial charge in [0.15, 0.2) is 12.6 Å². The Kier molecular flexibility index (Phi) is 11.0. The van der Waals surface area contributed by atoms with Crippen LogP contribution in [0, 0.1) is 50.2 Å². The van der Waals surface area contributed by atoms with Gasteiger partial charge in [-0.15, -0.1) is 0 Å². The van der Waals surface area contributed by atoms with Crippen molar-refractivity contribution in [1.29, 1.82) is 0 Å². The third kappa shape index (κ3) is 6.13. The lowest BCUT2D eigenvalue weighted by molar-refractivity contribution is -0.378. The molecule has 6 fully saturated rings. The van der Waals surface area contributed by atoms with Crippen LogP contribution in [0.25, 0.3) is 0 Å². The Morgan fingerprint density at radius 3 is 1.98 bits per heavy atom. The fraction of sp³-hybridized carbons (Fsp3) is 0.929. The molecule has 9 N–H and O–H groups in total. The van der Waals surface area contributed by atoms with E-state index in [1.807, 2.05) is 0 Å². The van der Waals surface area contributed by atoms with E-state index >= 15 is 0 Å². The molecular weight excluding hydrogens is 728 g/mol. The number of carboxylic acids is 1. The normalized spacial score (nSPS) is 53.8. The number of allylic oxidation sites excluding steroid dienone is 2. The first kappa shape index (κ1) is 42.8. The van der Waals surface area contributed by atoms with Gasteiger partial charge in [0.25, 0.3) is 0 Å². The van der Waals surface area contributed by atoms with Crippen molar-refractivity contribution in [2.24, 2.45) is 50.2 Å². The lowest BCUT2D eigenvalue weighted by atomic mass is 9.33. The van der Waals surface area contributed by atoms with Gasteiger partial charge >= 0.3 is 5.97 Å². The second kappa shape index (κ2) is 14.4. The van der Waals surface area contributed by atoms with Crippen molar-refractivity contribution in [3.63, 3.8) is 0 Å². The minimum absolute atomic E-state index is 0.0293. The predicted molar refractivity (Wildman–Crippen MR) is 199 cm³/mol. The van der Waals surface area contributed by atoms with Crippen molar-refractivity contribution in [2.75, 3.05) is 13.2 Å². The van der Waals surface area contributed by atoms with E-state index in [9.17, 15) is 50.8 Å². The van der Waals surface area contributed by atoms with Crippen LogP contribution in [-0.4, -0.2) is 139 Å². The van der Waals surface area contributed by atoms with Crippen molar-refractivity contribution in [3.8, 4) is 0 Å². The third-order valence-corrected chi connectivity index (χ3v) is 17.3. The quantitative estimate of drug-likeness (QED) is 0.132. The number of aliphatic hydroxyl groups excluding tert-OH is 8. The second-order valence-corrected chi connectivity index (χ2v) is 20.8. The fourth-order valence-electron chi connectivity index (χ4n) is 13.8. The van der Waals surface area contributed by atoms with Gasteiger partial charge < -0.3 is 64.9 Å². The number of carboxylic acid groups (broad SMARTS) is 1. The molecule has 0 aromatic carbocycles. The molecule has 14 nitrogen and oxygen atoms in total. The highest BCUT2D eigenvalue weighted by Crippen LogP contribution is 2.76. The molecule has 0 radical (unpaired) electrons. The van der Waals surface area contributed by atoms with Gasteiger partial charge in [-0.25, -0.2) is 0 Å². The molecule has 0 aromatic rings. The van der Waals surface area contributed by atoms with Gasteiger partial charge in [0.05, 0.1) is 25.4 Å². The summed E-state index contributed by atoms with van der Waals surface area (Å²) in [6, 6.07) is 0. The Morgan fingerprint density at radius 1 is 0.732 bits per heavy atom. The molecule has 0 spiro atoms. The molecule has 5 aliphatic carbocycles. The standard InChI is InChI=1S/C42H68O14/c1-37(2)14-15-42(36(51)52)21(16-37)20-8-9-25-39(5)12-11-27(38(3,4)24(39)10-13-40(25,6)41(20,7)17-26(42)45)55-35-33(31(49)29(47)23(19-44)54-35)56-34-32(50)30(48)28(46)22(18-43)53-34/h8,21-35,43-50H,9-19H2,1-7H3,(H,51,52)/t21?,22-,23-,24?,25?,26-,27+,28-,29-,30+,31+,32-,33-,34+,35+,39+,40-,41-,42-/m1/s1. The Bertz CT molecular complexity index is 1520. The van der Waals surface area contributed by atoms with E-state index in [4.69, 9.17) is 18.9 Å². The maximum atomic E-state index is 13.1. The Balaban J connectivity index is 1.16. The van der Waals surface area contributed by atoms with Gasteiger partial charge in [-0.05, 0) is 103 Å². The zero-order chi connectivity index (χ0) is 41.1. The molecule has 2 aliphatic heterocycles. The number of carbonyl (C=O) groups is 1. The maximum Gasteiger partial charge on any atom is 0.312 e. The predicted octanol–water partition coefficient (Wildman–Crippen LogP) is 1.85. The van der Waals surface area contributed by atoms with E-state index in [2.05, 4.69) is 54.5 Å². The molecule has 3 unspecified atom stereocenters. The van der Waals surface area contributed by atoms with Crippen LogP contribution in [-0.2, 0) is 23.7 Å². The van der Waals surface area contributed by atoms with Crippen molar-refractivity contribution >= 4 is 5.97 Å². The van der Waals surface area contributed by atoms with E-state index in [0.717, 1.165) is 38.5 Å². The van der Waals surface area contributed by atoms with Crippen LogP contribution in [0.3, 0.4) is 0 Å². The monoisotopic (exact) mass is 796 g/mol. The van der Waals surface area contributed by atoms with Crippen molar-refractivity contribution < 1.29 is 69.7 Å². The lowest BCUT2D eigenvalue weighted by Crippen LogP contribution is -2.68. The van der Waals surface area contributed by atoms with E-state index in [1.54, 1.807) is 0 Å². The van der Waals surface area contributed by atoms with Crippen molar-refractivity contribution in [3.05, 3.63) is 11.6 Å². The summed E-state index contributed by atoms with van der Waals surface area (Å²) in [5.41, 5.74) is -1.17. The Morgan fingerprint density at radius 2 is 1.36 bits per heavy atom. The molecule has 7 aliphatic rings. The van der Waals surface area contributed by atoms with Gasteiger partial charge in [0, 0.05) is 0 Å². The zero-order valence-electron chi connectivity index (χ0n) is 34.1. The SMILES string of the molecule is CC1(C)CC[C@@]2(C(=O)O)C(C1)C1=CCC3[C@@]4(C)CC[C@H](O[C@@H]5O[C@H](CO)[C@@H](O)[C@H](O)[C@H]5O[C@@H]5O[C@H](CO)[C@@H](O)[C@H](O)[C@H]5O)C(C)(C)C4CC[C@@]3(C)[C@]1(C)C[C@H]2O. The van der Waals surface area contributed by atoms with Gasteiger partial charge in [0.1, 0.15) is 54.2 Å². The highest BCUT2D eigenvalue weighted by Gasteiger charge is 2.71. The summed E-state index contributed by atoms with van der Waals surface area (Å²) in [4.78, 5) is 13.1. The fourth-order valence-corrected chi connectivity index (χ4v) is 13.8. The summed E-state index contributed by atoms with van der Waals surface area (Å²) in [6.07, 6.45) is -7.89. The third-order valence-electron chi connectivity index (χ3n) is 17.3. The van der Waals surface area contributed by atoms with Crippen molar-refractivity contribution in [2.45, 2.75) is 180 Å². The largest absolute Gasteiger partial charge is 0.481 e. The molecule has 19 atom stereocenters. The molecule has 320 valence electrons. The van der Waals surface area contributed by atoms with E-state index in [0.29, 0.717) is 19.3 Å². The van der Waals surface area contributed by atoms with Crippen LogP contribution >= 0.6 is 0 Å². The first-order valence-corrected chi connectivity index (χ1v) is 20.9. The van der Waals surface area contributed by atoms with Gasteiger partial charge in [-0.1, -0.05) is 60.1 Å². The molecule has 2 saturated heterocycles. The van der Waals surface area contributed by atoms with E-state index < -0.39 is 104 Å². The molecule has 14 heteroatoms.